The molecule has 2 aromatic rings. The van der Waals surface area contributed by atoms with Gasteiger partial charge in [0.25, 0.3) is 0 Å². The number of hydrogen-bond acceptors (Lipinski definition) is 5. The molecule has 2 rings (SSSR count). The number of ether oxygens (including phenoxy) is 1. The number of nitrogens with two attached hydrogens (primary N) is 1. The van der Waals surface area contributed by atoms with Crippen LogP contribution >= 0.6 is 0 Å². The highest BCUT2D eigenvalue weighted by molar-refractivity contribution is 5.89. The van der Waals surface area contributed by atoms with E-state index in [1.165, 1.54) is 6.20 Å². The van der Waals surface area contributed by atoms with Crippen molar-refractivity contribution >= 4 is 11.9 Å². The molecule has 6 heteroatoms. The number of carbonyl (C=O) groups is 2. The summed E-state index contributed by atoms with van der Waals surface area (Å²) in [7, 11) is 0. The molecule has 1 amide bonds. The first-order valence-corrected chi connectivity index (χ1v) is 7.26. The number of rotatable bonds is 6. The van der Waals surface area contributed by atoms with Gasteiger partial charge in [0.05, 0.1) is 17.6 Å². The number of hydrogen-bond donors (Lipinski definition) is 2. The van der Waals surface area contributed by atoms with Crippen LogP contribution in [0.15, 0.2) is 54.9 Å². The van der Waals surface area contributed by atoms with Crippen LogP contribution in [0.4, 0.5) is 0 Å². The zero-order valence-corrected chi connectivity index (χ0v) is 12.8. The van der Waals surface area contributed by atoms with Gasteiger partial charge in [-0.2, -0.15) is 0 Å². The molecule has 0 aliphatic heterocycles. The van der Waals surface area contributed by atoms with Crippen molar-refractivity contribution in [3.63, 3.8) is 0 Å². The highest BCUT2D eigenvalue weighted by Gasteiger charge is 2.19. The molecule has 0 aliphatic carbocycles. The Morgan fingerprint density at radius 3 is 2.57 bits per heavy atom. The van der Waals surface area contributed by atoms with E-state index < -0.39 is 18.1 Å². The zero-order valence-electron chi connectivity index (χ0n) is 12.8. The quantitative estimate of drug-likeness (QED) is 0.787. The SMILES string of the molecule is CC(N)C(=O)NC(COC(=O)c1cccnc1)c1ccccc1. The van der Waals surface area contributed by atoms with Crippen LogP contribution in [0.25, 0.3) is 0 Å². The summed E-state index contributed by atoms with van der Waals surface area (Å²) in [5.41, 5.74) is 6.77. The van der Waals surface area contributed by atoms with Crippen molar-refractivity contribution in [1.82, 2.24) is 10.3 Å². The third kappa shape index (κ3) is 4.89. The van der Waals surface area contributed by atoms with Gasteiger partial charge in [-0.05, 0) is 24.6 Å². The van der Waals surface area contributed by atoms with Gasteiger partial charge in [0.2, 0.25) is 5.91 Å². The Labute approximate surface area is 134 Å². The number of carbonyl (C=O) groups excluding carboxylic acids is 2. The van der Waals surface area contributed by atoms with Crippen molar-refractivity contribution in [2.45, 2.75) is 19.0 Å². The van der Waals surface area contributed by atoms with E-state index in [1.54, 1.807) is 25.3 Å². The minimum Gasteiger partial charge on any atom is -0.459 e. The molecule has 0 bridgehead atoms. The zero-order chi connectivity index (χ0) is 16.7. The monoisotopic (exact) mass is 313 g/mol. The Morgan fingerprint density at radius 2 is 1.96 bits per heavy atom. The summed E-state index contributed by atoms with van der Waals surface area (Å²) >= 11 is 0. The fourth-order valence-corrected chi connectivity index (χ4v) is 1.94. The average molecular weight is 313 g/mol. The molecule has 2 atom stereocenters. The first-order chi connectivity index (χ1) is 11.1. The fourth-order valence-electron chi connectivity index (χ4n) is 1.94. The van der Waals surface area contributed by atoms with Gasteiger partial charge >= 0.3 is 5.97 Å². The second-order valence-electron chi connectivity index (χ2n) is 5.10. The molecule has 3 N–H and O–H groups in total. The molecule has 0 saturated carbocycles. The van der Waals surface area contributed by atoms with Crippen molar-refractivity contribution in [3.05, 3.63) is 66.0 Å². The summed E-state index contributed by atoms with van der Waals surface area (Å²) < 4.78 is 5.29. The van der Waals surface area contributed by atoms with E-state index in [1.807, 2.05) is 30.3 Å². The molecular weight excluding hydrogens is 294 g/mol. The smallest absolute Gasteiger partial charge is 0.339 e. The second-order valence-corrected chi connectivity index (χ2v) is 5.10. The predicted molar refractivity (Wildman–Crippen MR) is 85.5 cm³/mol. The maximum Gasteiger partial charge on any atom is 0.339 e. The van der Waals surface area contributed by atoms with Gasteiger partial charge in [-0.15, -0.1) is 0 Å². The molecule has 2 unspecified atom stereocenters. The molecule has 6 nitrogen and oxygen atoms in total. The summed E-state index contributed by atoms with van der Waals surface area (Å²) in [5, 5.41) is 2.78. The number of aromatic nitrogens is 1. The number of nitrogens with one attached hydrogen (secondary N) is 1. The normalized spacial score (nSPS) is 13.0. The van der Waals surface area contributed by atoms with E-state index >= 15 is 0 Å². The van der Waals surface area contributed by atoms with Crippen molar-refractivity contribution < 1.29 is 14.3 Å². The first kappa shape index (κ1) is 16.6. The summed E-state index contributed by atoms with van der Waals surface area (Å²) in [6.07, 6.45) is 3.01. The standard InChI is InChI=1S/C17H19N3O3/c1-12(18)16(21)20-15(13-6-3-2-4-7-13)11-23-17(22)14-8-5-9-19-10-14/h2-10,12,15H,11,18H2,1H3,(H,20,21). The van der Waals surface area contributed by atoms with Crippen molar-refractivity contribution in [3.8, 4) is 0 Å². The molecular formula is C17H19N3O3. The number of nitrogens with zero attached hydrogens (tertiary/aromatic N) is 1. The summed E-state index contributed by atoms with van der Waals surface area (Å²) in [4.78, 5) is 27.7. The van der Waals surface area contributed by atoms with Crippen LogP contribution in [0.2, 0.25) is 0 Å². The number of pyridine rings is 1. The summed E-state index contributed by atoms with van der Waals surface area (Å²) in [5.74, 6) is -0.801. The molecule has 120 valence electrons. The van der Waals surface area contributed by atoms with Gasteiger partial charge in [0.15, 0.2) is 0 Å². The highest BCUT2D eigenvalue weighted by Crippen LogP contribution is 2.14. The largest absolute Gasteiger partial charge is 0.459 e. The van der Waals surface area contributed by atoms with Crippen LogP contribution in [0.1, 0.15) is 28.9 Å². The van der Waals surface area contributed by atoms with Crippen molar-refractivity contribution in [1.29, 1.82) is 0 Å². The van der Waals surface area contributed by atoms with E-state index in [4.69, 9.17) is 10.5 Å². The van der Waals surface area contributed by atoms with Crippen molar-refractivity contribution in [2.75, 3.05) is 6.61 Å². The molecule has 0 saturated heterocycles. The van der Waals surface area contributed by atoms with E-state index in [0.29, 0.717) is 5.56 Å². The fraction of sp³-hybridized carbons (Fsp3) is 0.235. The minimum absolute atomic E-state index is 0.0101. The molecule has 0 aliphatic rings. The van der Waals surface area contributed by atoms with Crippen LogP contribution in [0, 0.1) is 0 Å². The molecule has 1 aromatic carbocycles. The Morgan fingerprint density at radius 1 is 1.22 bits per heavy atom. The molecule has 1 aromatic heterocycles. The highest BCUT2D eigenvalue weighted by atomic mass is 16.5. The average Bonchev–Trinajstić information content (AvgIpc) is 2.59. The molecule has 23 heavy (non-hydrogen) atoms. The van der Waals surface area contributed by atoms with Gasteiger partial charge in [0, 0.05) is 12.4 Å². The third-order valence-corrected chi connectivity index (χ3v) is 3.21. The van der Waals surface area contributed by atoms with E-state index in [-0.39, 0.29) is 12.5 Å². The maximum absolute atomic E-state index is 12.0. The lowest BCUT2D eigenvalue weighted by molar-refractivity contribution is -0.123. The lowest BCUT2D eigenvalue weighted by Gasteiger charge is -2.20. The number of amides is 1. The van der Waals surface area contributed by atoms with Gasteiger partial charge in [-0.3, -0.25) is 9.78 Å². The predicted octanol–water partition coefficient (Wildman–Crippen LogP) is 1.44. The van der Waals surface area contributed by atoms with Gasteiger partial charge in [-0.25, -0.2) is 4.79 Å². The first-order valence-electron chi connectivity index (χ1n) is 7.26. The topological polar surface area (TPSA) is 94.3 Å². The van der Waals surface area contributed by atoms with Crippen LogP contribution in [-0.4, -0.2) is 29.5 Å². The molecule has 0 fully saturated rings. The summed E-state index contributed by atoms with van der Waals surface area (Å²) in [6.45, 7) is 1.61. The molecule has 0 spiro atoms. The minimum atomic E-state index is -0.643. The molecule has 1 heterocycles. The van der Waals surface area contributed by atoms with Crippen LogP contribution < -0.4 is 11.1 Å². The van der Waals surface area contributed by atoms with Gasteiger partial charge < -0.3 is 15.8 Å². The van der Waals surface area contributed by atoms with Crippen LogP contribution in [0.3, 0.4) is 0 Å². The van der Waals surface area contributed by atoms with Crippen molar-refractivity contribution in [2.24, 2.45) is 5.73 Å². The van der Waals surface area contributed by atoms with E-state index in [2.05, 4.69) is 10.3 Å². The van der Waals surface area contributed by atoms with Crippen LogP contribution in [0.5, 0.6) is 0 Å². The number of benzene rings is 1. The summed E-state index contributed by atoms with van der Waals surface area (Å²) in [6, 6.07) is 11.4. The second kappa shape index (κ2) is 8.05. The molecule has 0 radical (unpaired) electrons. The van der Waals surface area contributed by atoms with E-state index in [0.717, 1.165) is 5.56 Å². The van der Waals surface area contributed by atoms with Gasteiger partial charge in [-0.1, -0.05) is 30.3 Å². The Balaban J connectivity index is 2.06. The Hall–Kier alpha value is -2.73. The maximum atomic E-state index is 12.0. The van der Waals surface area contributed by atoms with Crippen LogP contribution in [-0.2, 0) is 9.53 Å². The lowest BCUT2D eigenvalue weighted by atomic mass is 10.1. The number of esters is 1. The lowest BCUT2D eigenvalue weighted by Crippen LogP contribution is -2.41. The Bertz CT molecular complexity index is 645. The Kier molecular flexibility index (Phi) is 5.82. The third-order valence-electron chi connectivity index (χ3n) is 3.21. The van der Waals surface area contributed by atoms with Gasteiger partial charge in [0.1, 0.15) is 6.61 Å². The van der Waals surface area contributed by atoms with E-state index in [9.17, 15) is 9.59 Å².